The average molecular weight is 343 g/mol. The lowest BCUT2D eigenvalue weighted by Crippen LogP contribution is -2.33. The Labute approximate surface area is 148 Å². The lowest BCUT2D eigenvalue weighted by molar-refractivity contribution is -0.122. The van der Waals surface area contributed by atoms with Gasteiger partial charge in [-0.1, -0.05) is 36.6 Å². The molecule has 1 amide bonds. The first kappa shape index (κ1) is 17.0. The van der Waals surface area contributed by atoms with E-state index in [1.165, 1.54) is 25.7 Å². The predicted octanol–water partition coefficient (Wildman–Crippen LogP) is 4.37. The Hall–Kier alpha value is -1.87. The van der Waals surface area contributed by atoms with Gasteiger partial charge in [-0.25, -0.2) is 0 Å². The van der Waals surface area contributed by atoms with Gasteiger partial charge in [-0.05, 0) is 60.6 Å². The Morgan fingerprint density at radius 1 is 1.12 bits per heavy atom. The molecule has 0 aliphatic heterocycles. The second-order valence-corrected chi connectivity index (χ2v) is 7.00. The van der Waals surface area contributed by atoms with Crippen LogP contribution in [-0.4, -0.2) is 17.4 Å². The summed E-state index contributed by atoms with van der Waals surface area (Å²) in [6.07, 6.45) is 9.25. The van der Waals surface area contributed by atoms with E-state index in [1.807, 2.05) is 36.4 Å². The van der Waals surface area contributed by atoms with Crippen molar-refractivity contribution < 1.29 is 4.79 Å². The molecule has 0 saturated heterocycles. The van der Waals surface area contributed by atoms with Crippen LogP contribution in [0, 0.1) is 5.92 Å². The first-order chi connectivity index (χ1) is 11.7. The van der Waals surface area contributed by atoms with Crippen LogP contribution in [0.2, 0.25) is 5.02 Å². The molecule has 126 valence electrons. The van der Waals surface area contributed by atoms with Crippen LogP contribution >= 0.6 is 11.6 Å². The maximum atomic E-state index is 12.8. The van der Waals surface area contributed by atoms with Crippen molar-refractivity contribution in [3.05, 3.63) is 64.9 Å². The highest BCUT2D eigenvalue weighted by molar-refractivity contribution is 6.30. The van der Waals surface area contributed by atoms with E-state index < -0.39 is 0 Å². The molecular formula is C20H23ClN2O. The van der Waals surface area contributed by atoms with E-state index in [2.05, 4.69) is 10.3 Å². The first-order valence-electron chi connectivity index (χ1n) is 8.64. The number of carbonyl (C=O) groups excluding carboxylic acids is 1. The summed E-state index contributed by atoms with van der Waals surface area (Å²) in [5.74, 6) is 0.535. The van der Waals surface area contributed by atoms with Gasteiger partial charge >= 0.3 is 0 Å². The van der Waals surface area contributed by atoms with Crippen molar-refractivity contribution in [2.75, 3.05) is 6.54 Å². The Morgan fingerprint density at radius 2 is 1.79 bits per heavy atom. The molecule has 3 rings (SSSR count). The smallest absolute Gasteiger partial charge is 0.227 e. The van der Waals surface area contributed by atoms with Crippen molar-refractivity contribution in [3.63, 3.8) is 0 Å². The summed E-state index contributed by atoms with van der Waals surface area (Å²) in [6.45, 7) is 0.791. The van der Waals surface area contributed by atoms with Crippen molar-refractivity contribution in [2.45, 2.75) is 38.0 Å². The summed E-state index contributed by atoms with van der Waals surface area (Å²) in [7, 11) is 0. The zero-order valence-electron chi connectivity index (χ0n) is 13.7. The van der Waals surface area contributed by atoms with Crippen molar-refractivity contribution in [1.29, 1.82) is 0 Å². The van der Waals surface area contributed by atoms with Crippen LogP contribution in [0.1, 0.15) is 42.7 Å². The Kier molecular flexibility index (Phi) is 5.86. The van der Waals surface area contributed by atoms with E-state index >= 15 is 0 Å². The standard InChI is InChI=1S/C20H23ClN2O/c21-18-7-5-17(6-8-18)19(13-15-9-11-22-12-10-15)20(24)23-14-16-3-1-2-4-16/h5-12,16,19H,1-4,13-14H2,(H,23,24). The molecule has 1 aromatic carbocycles. The van der Waals surface area contributed by atoms with Crippen molar-refractivity contribution in [3.8, 4) is 0 Å². The number of hydrogen-bond acceptors (Lipinski definition) is 2. The molecule has 0 radical (unpaired) electrons. The predicted molar refractivity (Wildman–Crippen MR) is 97.1 cm³/mol. The number of carbonyl (C=O) groups is 1. The largest absolute Gasteiger partial charge is 0.355 e. The summed E-state index contributed by atoms with van der Waals surface area (Å²) >= 11 is 5.99. The van der Waals surface area contributed by atoms with Gasteiger partial charge in [-0.15, -0.1) is 0 Å². The van der Waals surface area contributed by atoms with Crippen molar-refractivity contribution in [1.82, 2.24) is 10.3 Å². The van der Waals surface area contributed by atoms with Gasteiger partial charge in [-0.2, -0.15) is 0 Å². The van der Waals surface area contributed by atoms with Crippen molar-refractivity contribution in [2.24, 2.45) is 5.92 Å². The summed E-state index contributed by atoms with van der Waals surface area (Å²) in [5, 5.41) is 3.86. The van der Waals surface area contributed by atoms with E-state index in [1.54, 1.807) is 12.4 Å². The summed E-state index contributed by atoms with van der Waals surface area (Å²) in [5.41, 5.74) is 2.11. The van der Waals surface area contributed by atoms with E-state index in [0.29, 0.717) is 17.4 Å². The fourth-order valence-electron chi connectivity index (χ4n) is 3.39. The number of aromatic nitrogens is 1. The fourth-order valence-corrected chi connectivity index (χ4v) is 3.52. The van der Waals surface area contributed by atoms with Crippen LogP contribution < -0.4 is 5.32 Å². The highest BCUT2D eigenvalue weighted by Gasteiger charge is 2.23. The lowest BCUT2D eigenvalue weighted by Gasteiger charge is -2.19. The molecule has 3 nitrogen and oxygen atoms in total. The summed E-state index contributed by atoms with van der Waals surface area (Å²) < 4.78 is 0. The van der Waals surface area contributed by atoms with Crippen LogP contribution in [0.15, 0.2) is 48.8 Å². The maximum Gasteiger partial charge on any atom is 0.227 e. The molecule has 0 spiro atoms. The summed E-state index contributed by atoms with van der Waals surface area (Å²) in [4.78, 5) is 16.9. The SMILES string of the molecule is O=C(NCC1CCCC1)C(Cc1ccncc1)c1ccc(Cl)cc1. The molecule has 1 unspecified atom stereocenters. The molecule has 1 atom stereocenters. The Bertz CT molecular complexity index is 651. The minimum Gasteiger partial charge on any atom is -0.355 e. The molecule has 1 heterocycles. The molecule has 1 fully saturated rings. The second kappa shape index (κ2) is 8.29. The van der Waals surface area contributed by atoms with E-state index in [0.717, 1.165) is 17.7 Å². The zero-order valence-corrected chi connectivity index (χ0v) is 14.5. The first-order valence-corrected chi connectivity index (χ1v) is 9.02. The van der Waals surface area contributed by atoms with Crippen LogP contribution in [0.25, 0.3) is 0 Å². The van der Waals surface area contributed by atoms with Crippen LogP contribution in [0.5, 0.6) is 0 Å². The Balaban J connectivity index is 1.72. The van der Waals surface area contributed by atoms with Crippen molar-refractivity contribution >= 4 is 17.5 Å². The molecular weight excluding hydrogens is 320 g/mol. The Morgan fingerprint density at radius 3 is 2.46 bits per heavy atom. The number of halogens is 1. The highest BCUT2D eigenvalue weighted by Crippen LogP contribution is 2.26. The van der Waals surface area contributed by atoms with Gasteiger partial charge in [-0.3, -0.25) is 9.78 Å². The molecule has 2 aromatic rings. The van der Waals surface area contributed by atoms with Crippen LogP contribution in [-0.2, 0) is 11.2 Å². The number of benzene rings is 1. The van der Waals surface area contributed by atoms with Gasteiger partial charge in [0.15, 0.2) is 0 Å². The topological polar surface area (TPSA) is 42.0 Å². The van der Waals surface area contributed by atoms with Gasteiger partial charge in [0, 0.05) is 24.0 Å². The van der Waals surface area contributed by atoms with Gasteiger partial charge in [0.2, 0.25) is 5.91 Å². The van der Waals surface area contributed by atoms with Gasteiger partial charge < -0.3 is 5.32 Å². The normalized spacial score (nSPS) is 16.0. The number of hydrogen-bond donors (Lipinski definition) is 1. The minimum absolute atomic E-state index is 0.0982. The van der Waals surface area contributed by atoms with Crippen LogP contribution in [0.4, 0.5) is 0 Å². The number of rotatable bonds is 6. The molecule has 0 bridgehead atoms. The molecule has 4 heteroatoms. The molecule has 1 saturated carbocycles. The monoisotopic (exact) mass is 342 g/mol. The van der Waals surface area contributed by atoms with Gasteiger partial charge in [0.25, 0.3) is 0 Å². The van der Waals surface area contributed by atoms with E-state index in [9.17, 15) is 4.79 Å². The number of nitrogens with zero attached hydrogens (tertiary/aromatic N) is 1. The third-order valence-electron chi connectivity index (χ3n) is 4.82. The van der Waals surface area contributed by atoms with E-state index in [4.69, 9.17) is 11.6 Å². The lowest BCUT2D eigenvalue weighted by atomic mass is 9.91. The molecule has 1 aliphatic carbocycles. The number of nitrogens with one attached hydrogen (secondary N) is 1. The third kappa shape index (κ3) is 4.57. The highest BCUT2D eigenvalue weighted by atomic mass is 35.5. The van der Waals surface area contributed by atoms with Gasteiger partial charge in [0.1, 0.15) is 0 Å². The summed E-state index contributed by atoms with van der Waals surface area (Å²) in [6, 6.07) is 11.5. The maximum absolute atomic E-state index is 12.8. The second-order valence-electron chi connectivity index (χ2n) is 6.56. The van der Waals surface area contributed by atoms with Crippen LogP contribution in [0.3, 0.4) is 0 Å². The molecule has 24 heavy (non-hydrogen) atoms. The van der Waals surface area contributed by atoms with E-state index in [-0.39, 0.29) is 11.8 Å². The molecule has 1 aromatic heterocycles. The van der Waals surface area contributed by atoms with Gasteiger partial charge in [0.05, 0.1) is 5.92 Å². The fraction of sp³-hybridized carbons (Fsp3) is 0.400. The number of amides is 1. The minimum atomic E-state index is -0.203. The molecule has 1 N–H and O–H groups in total. The zero-order chi connectivity index (χ0) is 16.8. The average Bonchev–Trinajstić information content (AvgIpc) is 3.13. The quantitative estimate of drug-likeness (QED) is 0.847. The third-order valence-corrected chi connectivity index (χ3v) is 5.07. The number of pyridine rings is 1. The molecule has 1 aliphatic rings.